The van der Waals surface area contributed by atoms with Crippen LogP contribution in [0, 0.1) is 0 Å². The molecule has 29 heavy (non-hydrogen) atoms. The van der Waals surface area contributed by atoms with E-state index in [4.69, 9.17) is 19.9 Å². The summed E-state index contributed by atoms with van der Waals surface area (Å²) in [6.07, 6.45) is 0. The number of aliphatic imine (C=N–C) groups is 1. The smallest absolute Gasteiger partial charge is 0.193 e. The van der Waals surface area contributed by atoms with E-state index in [9.17, 15) is 0 Å². The highest BCUT2D eigenvalue weighted by atomic mass is 127. The van der Waals surface area contributed by atoms with Crippen molar-refractivity contribution in [3.63, 3.8) is 0 Å². The van der Waals surface area contributed by atoms with Gasteiger partial charge in [0.1, 0.15) is 17.2 Å². The SMILES string of the molecule is COc1ccc(-c2csc(CN=C(N)Nc3cc(OC)ccc3OC)c2)cc1.I. The standard InChI is InChI=1S/C21H23N3O3S.HI/c1-25-16-6-4-14(5-7-16)15-10-18(28-13-15)12-23-21(22)24-19-11-17(26-2)8-9-20(19)27-3;/h4-11,13H,12H2,1-3H3,(H3,22,23,24);1H. The van der Waals surface area contributed by atoms with Gasteiger partial charge in [-0.05, 0) is 46.8 Å². The maximum Gasteiger partial charge on any atom is 0.193 e. The zero-order valence-electron chi connectivity index (χ0n) is 16.5. The molecule has 0 aliphatic rings. The summed E-state index contributed by atoms with van der Waals surface area (Å²) in [4.78, 5) is 5.55. The average Bonchev–Trinajstić information content (AvgIpc) is 3.21. The van der Waals surface area contributed by atoms with Crippen LogP contribution in [0.5, 0.6) is 17.2 Å². The zero-order valence-corrected chi connectivity index (χ0v) is 19.6. The van der Waals surface area contributed by atoms with Crippen molar-refractivity contribution in [2.45, 2.75) is 6.54 Å². The summed E-state index contributed by atoms with van der Waals surface area (Å²) in [6, 6.07) is 15.6. The highest BCUT2D eigenvalue weighted by Crippen LogP contribution is 2.29. The first-order chi connectivity index (χ1) is 13.6. The van der Waals surface area contributed by atoms with Crippen LogP contribution < -0.4 is 25.3 Å². The summed E-state index contributed by atoms with van der Waals surface area (Å²) in [5.74, 6) is 2.52. The summed E-state index contributed by atoms with van der Waals surface area (Å²) in [5, 5.41) is 5.18. The molecule has 0 amide bonds. The van der Waals surface area contributed by atoms with Gasteiger partial charge in [-0.3, -0.25) is 0 Å². The number of nitrogens with zero attached hydrogens (tertiary/aromatic N) is 1. The van der Waals surface area contributed by atoms with E-state index in [0.29, 0.717) is 29.7 Å². The topological polar surface area (TPSA) is 78.1 Å². The van der Waals surface area contributed by atoms with Gasteiger partial charge in [-0.15, -0.1) is 35.3 Å². The predicted octanol–water partition coefficient (Wildman–Crippen LogP) is 4.99. The second kappa shape index (κ2) is 10.9. The largest absolute Gasteiger partial charge is 0.497 e. The van der Waals surface area contributed by atoms with Crippen molar-refractivity contribution in [1.82, 2.24) is 0 Å². The number of guanidine groups is 1. The molecule has 0 spiro atoms. The van der Waals surface area contributed by atoms with Gasteiger partial charge in [0.25, 0.3) is 0 Å². The van der Waals surface area contributed by atoms with Crippen LogP contribution in [0.1, 0.15) is 4.88 Å². The van der Waals surface area contributed by atoms with Crippen molar-refractivity contribution in [2.24, 2.45) is 10.7 Å². The van der Waals surface area contributed by atoms with E-state index in [1.807, 2.05) is 42.5 Å². The lowest BCUT2D eigenvalue weighted by Gasteiger charge is -2.12. The number of rotatable bonds is 7. The van der Waals surface area contributed by atoms with E-state index in [0.717, 1.165) is 21.8 Å². The van der Waals surface area contributed by atoms with Gasteiger partial charge in [0, 0.05) is 10.9 Å². The van der Waals surface area contributed by atoms with E-state index in [2.05, 4.69) is 21.8 Å². The molecule has 0 saturated carbocycles. The number of methoxy groups -OCH3 is 3. The Balaban J connectivity index is 0.00000300. The Morgan fingerprint density at radius 3 is 2.28 bits per heavy atom. The molecule has 3 aromatic rings. The quantitative estimate of drug-likeness (QED) is 0.258. The van der Waals surface area contributed by atoms with Gasteiger partial charge in [-0.25, -0.2) is 4.99 Å². The first-order valence-corrected chi connectivity index (χ1v) is 9.51. The Morgan fingerprint density at radius 1 is 0.931 bits per heavy atom. The normalized spacial score (nSPS) is 10.8. The monoisotopic (exact) mass is 525 g/mol. The first-order valence-electron chi connectivity index (χ1n) is 8.63. The summed E-state index contributed by atoms with van der Waals surface area (Å²) in [5.41, 5.74) is 9.04. The number of nitrogens with one attached hydrogen (secondary N) is 1. The number of ether oxygens (including phenoxy) is 3. The second-order valence-corrected chi connectivity index (χ2v) is 6.92. The number of thiophene rings is 1. The van der Waals surface area contributed by atoms with E-state index in [1.54, 1.807) is 32.7 Å². The fourth-order valence-electron chi connectivity index (χ4n) is 2.65. The molecule has 0 fully saturated rings. The molecule has 0 aliphatic heterocycles. The Hall–Kier alpha value is -2.46. The minimum Gasteiger partial charge on any atom is -0.497 e. The highest BCUT2D eigenvalue weighted by molar-refractivity contribution is 14.0. The van der Waals surface area contributed by atoms with Crippen LogP contribution in [0.15, 0.2) is 58.9 Å². The molecule has 0 bridgehead atoms. The van der Waals surface area contributed by atoms with Crippen LogP contribution in [-0.2, 0) is 6.54 Å². The Labute approximate surface area is 191 Å². The fraction of sp³-hybridized carbons (Fsp3) is 0.190. The molecule has 3 rings (SSSR count). The van der Waals surface area contributed by atoms with E-state index in [1.165, 1.54) is 0 Å². The third-order valence-corrected chi connectivity index (χ3v) is 5.07. The van der Waals surface area contributed by atoms with Gasteiger partial charge in [0.15, 0.2) is 5.96 Å². The number of anilines is 1. The number of benzene rings is 2. The van der Waals surface area contributed by atoms with E-state index in [-0.39, 0.29) is 24.0 Å². The molecule has 0 aliphatic carbocycles. The number of nitrogens with two attached hydrogens (primary N) is 1. The van der Waals surface area contributed by atoms with Crippen molar-refractivity contribution in [1.29, 1.82) is 0 Å². The molecule has 0 radical (unpaired) electrons. The summed E-state index contributed by atoms with van der Waals surface area (Å²) >= 11 is 1.65. The maximum atomic E-state index is 6.05. The van der Waals surface area contributed by atoms with Crippen molar-refractivity contribution in [3.8, 4) is 28.4 Å². The van der Waals surface area contributed by atoms with Crippen molar-refractivity contribution >= 4 is 47.0 Å². The van der Waals surface area contributed by atoms with Gasteiger partial charge in [-0.1, -0.05) is 12.1 Å². The Bertz CT molecular complexity index is 958. The third-order valence-electron chi connectivity index (χ3n) is 4.15. The summed E-state index contributed by atoms with van der Waals surface area (Å²) < 4.78 is 15.8. The first kappa shape index (κ1) is 22.8. The summed E-state index contributed by atoms with van der Waals surface area (Å²) in [7, 11) is 4.88. The van der Waals surface area contributed by atoms with Crippen molar-refractivity contribution < 1.29 is 14.2 Å². The van der Waals surface area contributed by atoms with E-state index >= 15 is 0 Å². The lowest BCUT2D eigenvalue weighted by atomic mass is 10.1. The minimum absolute atomic E-state index is 0. The Morgan fingerprint density at radius 2 is 1.62 bits per heavy atom. The highest BCUT2D eigenvalue weighted by Gasteiger charge is 2.07. The van der Waals surface area contributed by atoms with E-state index < -0.39 is 0 Å². The molecule has 1 aromatic heterocycles. The number of halogens is 1. The van der Waals surface area contributed by atoms with Crippen LogP contribution >= 0.6 is 35.3 Å². The van der Waals surface area contributed by atoms with Crippen molar-refractivity contribution in [3.05, 3.63) is 58.8 Å². The van der Waals surface area contributed by atoms with Gasteiger partial charge in [-0.2, -0.15) is 0 Å². The van der Waals surface area contributed by atoms with Crippen LogP contribution in [0.3, 0.4) is 0 Å². The van der Waals surface area contributed by atoms with Crippen LogP contribution in [-0.4, -0.2) is 27.3 Å². The maximum absolute atomic E-state index is 6.05. The zero-order chi connectivity index (χ0) is 19.9. The minimum atomic E-state index is 0. The molecule has 0 saturated heterocycles. The molecule has 6 nitrogen and oxygen atoms in total. The lowest BCUT2D eigenvalue weighted by molar-refractivity contribution is 0.405. The number of hydrogen-bond acceptors (Lipinski definition) is 5. The molecular weight excluding hydrogens is 501 g/mol. The molecule has 3 N–H and O–H groups in total. The molecular formula is C21H24IN3O3S. The number of hydrogen-bond donors (Lipinski definition) is 2. The molecule has 0 atom stereocenters. The van der Waals surface area contributed by atoms with Crippen LogP contribution in [0.2, 0.25) is 0 Å². The predicted molar refractivity (Wildman–Crippen MR) is 130 cm³/mol. The lowest BCUT2D eigenvalue weighted by Crippen LogP contribution is -2.22. The van der Waals surface area contributed by atoms with Gasteiger partial charge >= 0.3 is 0 Å². The molecule has 0 unspecified atom stereocenters. The fourth-order valence-corrected chi connectivity index (χ4v) is 3.47. The van der Waals surface area contributed by atoms with Gasteiger partial charge in [0.2, 0.25) is 0 Å². The second-order valence-electron chi connectivity index (χ2n) is 5.92. The molecule has 2 aromatic carbocycles. The molecule has 154 valence electrons. The summed E-state index contributed by atoms with van der Waals surface area (Å²) in [6.45, 7) is 0.492. The molecule has 1 heterocycles. The average molecular weight is 525 g/mol. The van der Waals surface area contributed by atoms with Crippen molar-refractivity contribution in [2.75, 3.05) is 26.6 Å². The van der Waals surface area contributed by atoms with Gasteiger partial charge in [0.05, 0.1) is 33.6 Å². The molecule has 8 heteroatoms. The van der Waals surface area contributed by atoms with Crippen LogP contribution in [0.4, 0.5) is 5.69 Å². The third kappa shape index (κ3) is 6.01. The Kier molecular flexibility index (Phi) is 8.59. The van der Waals surface area contributed by atoms with Crippen LogP contribution in [0.25, 0.3) is 11.1 Å². The van der Waals surface area contributed by atoms with Gasteiger partial charge < -0.3 is 25.3 Å².